The topological polar surface area (TPSA) is 96.7 Å². The maximum atomic E-state index is 12.5. The first-order valence-corrected chi connectivity index (χ1v) is 14.5. The summed E-state index contributed by atoms with van der Waals surface area (Å²) in [6.45, 7) is 4.16. The van der Waals surface area contributed by atoms with Crippen molar-refractivity contribution >= 4 is 24.6 Å². The molecule has 34 heavy (non-hydrogen) atoms. The van der Waals surface area contributed by atoms with E-state index in [2.05, 4.69) is 53.4 Å². The fourth-order valence-electron chi connectivity index (χ4n) is 5.41. The number of aliphatic imine (C=N–C) groups is 1. The lowest BCUT2D eigenvalue weighted by Crippen LogP contribution is -2.43. The van der Waals surface area contributed by atoms with Gasteiger partial charge in [-0.05, 0) is 69.3 Å². The molecule has 0 saturated heterocycles. The van der Waals surface area contributed by atoms with Crippen LogP contribution in [0.25, 0.3) is 0 Å². The molecule has 7 nitrogen and oxygen atoms in total. The molecule has 2 unspecified atom stereocenters. The summed E-state index contributed by atoms with van der Waals surface area (Å²) >= 11 is 0. The molecule has 2 atom stereocenters. The summed E-state index contributed by atoms with van der Waals surface area (Å²) in [5.74, 6) is 2.07. The summed E-state index contributed by atoms with van der Waals surface area (Å²) < 4.78 is 18.8. The first kappa shape index (κ1) is 23.5. The number of aromatic nitrogens is 2. The van der Waals surface area contributed by atoms with Gasteiger partial charge in [0.05, 0.1) is 5.71 Å². The number of fused-ring (bicyclic) bond motifs is 1. The van der Waals surface area contributed by atoms with Gasteiger partial charge >= 0.3 is 0 Å². The molecule has 182 valence electrons. The zero-order valence-electron chi connectivity index (χ0n) is 20.3. The van der Waals surface area contributed by atoms with E-state index in [0.717, 1.165) is 56.2 Å². The molecule has 0 spiro atoms. The predicted molar refractivity (Wildman–Crippen MR) is 136 cm³/mol. The molecule has 3 aliphatic rings. The zero-order valence-corrected chi connectivity index (χ0v) is 21.2. The Hall–Kier alpha value is -2.24. The Labute approximate surface area is 201 Å². The molecule has 1 aromatic heterocycles. The van der Waals surface area contributed by atoms with E-state index in [1.54, 1.807) is 0 Å². The summed E-state index contributed by atoms with van der Waals surface area (Å²) in [6, 6.07) is 8.74. The van der Waals surface area contributed by atoms with Crippen LogP contribution in [0.15, 0.2) is 35.6 Å². The van der Waals surface area contributed by atoms with Gasteiger partial charge in [-0.2, -0.15) is 4.98 Å². The highest BCUT2D eigenvalue weighted by Crippen LogP contribution is 2.59. The van der Waals surface area contributed by atoms with E-state index in [0.29, 0.717) is 35.4 Å². The van der Waals surface area contributed by atoms with Crippen molar-refractivity contribution < 1.29 is 14.2 Å². The van der Waals surface area contributed by atoms with Gasteiger partial charge in [0.1, 0.15) is 6.33 Å². The molecule has 0 radical (unpaired) electrons. The van der Waals surface area contributed by atoms with E-state index >= 15 is 0 Å². The van der Waals surface area contributed by atoms with Gasteiger partial charge in [0.2, 0.25) is 13.2 Å². The Bertz CT molecular complexity index is 1120. The molecule has 1 aromatic carbocycles. The van der Waals surface area contributed by atoms with E-state index in [4.69, 9.17) is 9.73 Å². The molecule has 2 aromatic rings. The minimum Gasteiger partial charge on any atom is -0.463 e. The van der Waals surface area contributed by atoms with Crippen LogP contribution in [0, 0.1) is 5.92 Å². The number of nitrogens with one attached hydrogen (secondary N) is 1. The average molecular weight is 483 g/mol. The third-order valence-electron chi connectivity index (χ3n) is 7.89. The molecule has 2 aliphatic carbocycles. The summed E-state index contributed by atoms with van der Waals surface area (Å²) in [6.07, 6.45) is 8.93. The highest BCUT2D eigenvalue weighted by Gasteiger charge is 2.42. The Morgan fingerprint density at radius 2 is 1.82 bits per heavy atom. The number of hydrogen-bond acceptors (Lipinski definition) is 6. The van der Waals surface area contributed by atoms with Crippen molar-refractivity contribution in [2.45, 2.75) is 76.0 Å². The summed E-state index contributed by atoms with van der Waals surface area (Å²) in [7, 11) is -1.10. The van der Waals surface area contributed by atoms with Crippen LogP contribution in [-0.4, -0.2) is 45.0 Å². The standard InChI is InChI=1S/C26H35N4O3P/c1-4-26(2)23(30-22-24(27-3)28-16-29-25(22)33-26)20-11-9-19(10-12-20)18-7-5-17(6-8-18)15-34(31,32)21-13-14-21/h9-12,16-18,21H,4-8,13-15H2,1-3H3,(H,31,32)(H,27,28,29). The molecule has 2 N–H and O–H groups in total. The van der Waals surface area contributed by atoms with E-state index in [9.17, 15) is 9.46 Å². The van der Waals surface area contributed by atoms with Crippen LogP contribution in [-0.2, 0) is 4.57 Å². The minimum absolute atomic E-state index is 0.0981. The van der Waals surface area contributed by atoms with Crippen molar-refractivity contribution in [3.05, 3.63) is 41.7 Å². The van der Waals surface area contributed by atoms with Crippen molar-refractivity contribution in [2.24, 2.45) is 10.9 Å². The number of benzene rings is 1. The summed E-state index contributed by atoms with van der Waals surface area (Å²) in [5.41, 5.74) is 3.45. The predicted octanol–water partition coefficient (Wildman–Crippen LogP) is 5.91. The quantitative estimate of drug-likeness (QED) is 0.477. The van der Waals surface area contributed by atoms with Gasteiger partial charge in [0, 0.05) is 24.4 Å². The fourth-order valence-corrected chi connectivity index (χ4v) is 7.77. The lowest BCUT2D eigenvalue weighted by atomic mass is 9.79. The lowest BCUT2D eigenvalue weighted by Gasteiger charge is -2.35. The third-order valence-corrected chi connectivity index (χ3v) is 10.6. The van der Waals surface area contributed by atoms with Crippen LogP contribution in [0.3, 0.4) is 0 Å². The average Bonchev–Trinajstić information content (AvgIpc) is 3.70. The van der Waals surface area contributed by atoms with E-state index in [1.807, 2.05) is 7.05 Å². The van der Waals surface area contributed by atoms with Crippen LogP contribution in [0.4, 0.5) is 11.5 Å². The SMILES string of the molecule is CCC1(C)Oc2ncnc(NC)c2N=C1c1ccc(C2CCC(CP(=O)(O)C3CC3)CC2)cc1. The number of hydrogen-bond donors (Lipinski definition) is 2. The van der Waals surface area contributed by atoms with E-state index < -0.39 is 13.0 Å². The van der Waals surface area contributed by atoms with Gasteiger partial charge in [-0.15, -0.1) is 0 Å². The van der Waals surface area contributed by atoms with E-state index in [-0.39, 0.29) is 5.66 Å². The highest BCUT2D eigenvalue weighted by atomic mass is 31.2. The Balaban J connectivity index is 1.32. The highest BCUT2D eigenvalue weighted by molar-refractivity contribution is 7.59. The number of rotatable bonds is 7. The largest absolute Gasteiger partial charge is 0.463 e. The van der Waals surface area contributed by atoms with Crippen molar-refractivity contribution in [3.8, 4) is 5.88 Å². The van der Waals surface area contributed by atoms with Crippen LogP contribution in [0.2, 0.25) is 0 Å². The van der Waals surface area contributed by atoms with Crippen molar-refractivity contribution in [3.63, 3.8) is 0 Å². The van der Waals surface area contributed by atoms with Gasteiger partial charge in [-0.25, -0.2) is 9.98 Å². The smallest absolute Gasteiger partial charge is 0.246 e. The second kappa shape index (κ2) is 9.09. The molecule has 2 saturated carbocycles. The van der Waals surface area contributed by atoms with Gasteiger partial charge in [0.15, 0.2) is 17.1 Å². The molecule has 0 amide bonds. The van der Waals surface area contributed by atoms with Crippen LogP contribution >= 0.6 is 7.37 Å². The summed E-state index contributed by atoms with van der Waals surface area (Å²) in [4.78, 5) is 23.9. The van der Waals surface area contributed by atoms with Crippen molar-refractivity contribution in [1.82, 2.24) is 9.97 Å². The number of nitrogens with zero attached hydrogens (tertiary/aromatic N) is 3. The van der Waals surface area contributed by atoms with Crippen LogP contribution in [0.1, 0.15) is 75.8 Å². The molecule has 0 bridgehead atoms. The first-order valence-electron chi connectivity index (χ1n) is 12.6. The molecular weight excluding hydrogens is 447 g/mol. The molecule has 2 fully saturated rings. The van der Waals surface area contributed by atoms with Crippen LogP contribution in [0.5, 0.6) is 5.88 Å². The Kier molecular flexibility index (Phi) is 6.28. The summed E-state index contributed by atoms with van der Waals surface area (Å²) in [5, 5.41) is 3.08. The van der Waals surface area contributed by atoms with Gasteiger partial charge in [-0.3, -0.25) is 4.57 Å². The number of ether oxygens (including phenoxy) is 1. The maximum Gasteiger partial charge on any atom is 0.246 e. The van der Waals surface area contributed by atoms with Crippen LogP contribution < -0.4 is 10.1 Å². The fraction of sp³-hybridized carbons (Fsp3) is 0.577. The zero-order chi connectivity index (χ0) is 23.9. The van der Waals surface area contributed by atoms with Crippen molar-refractivity contribution in [1.29, 1.82) is 0 Å². The molecule has 8 heteroatoms. The monoisotopic (exact) mass is 482 g/mol. The minimum atomic E-state index is -2.92. The second-order valence-electron chi connectivity index (χ2n) is 10.3. The molecule has 5 rings (SSSR count). The first-order chi connectivity index (χ1) is 16.3. The Morgan fingerprint density at radius 1 is 1.12 bits per heavy atom. The van der Waals surface area contributed by atoms with Gasteiger partial charge < -0.3 is 14.9 Å². The lowest BCUT2D eigenvalue weighted by molar-refractivity contribution is 0.146. The molecular formula is C26H35N4O3P. The van der Waals surface area contributed by atoms with Gasteiger partial charge in [0.25, 0.3) is 0 Å². The molecule has 2 heterocycles. The Morgan fingerprint density at radius 3 is 2.44 bits per heavy atom. The van der Waals surface area contributed by atoms with Gasteiger partial charge in [-0.1, -0.05) is 31.2 Å². The van der Waals surface area contributed by atoms with Crippen molar-refractivity contribution in [2.75, 3.05) is 18.5 Å². The third kappa shape index (κ3) is 4.52. The second-order valence-corrected chi connectivity index (χ2v) is 12.9. The number of anilines is 1. The normalized spacial score (nSPS) is 28.3. The maximum absolute atomic E-state index is 12.5. The van der Waals surface area contributed by atoms with E-state index in [1.165, 1.54) is 11.9 Å². The molecule has 1 aliphatic heterocycles.